The molecule has 9 nitrogen and oxygen atoms in total. The zero-order chi connectivity index (χ0) is 19.3. The molecule has 0 fully saturated rings. The molecule has 0 atom stereocenters. The summed E-state index contributed by atoms with van der Waals surface area (Å²) in [4.78, 5) is 11.7. The van der Waals surface area contributed by atoms with Crippen LogP contribution in [0.5, 0.6) is 0 Å². The van der Waals surface area contributed by atoms with Crippen LogP contribution >= 0.6 is 0 Å². The number of rotatable bonds is 15. The fraction of sp³-hybridized carbons (Fsp3) is 0.812. The summed E-state index contributed by atoms with van der Waals surface area (Å²) in [5, 5.41) is 3.12. The monoisotopic (exact) mass is 386 g/mol. The van der Waals surface area contributed by atoms with Crippen molar-refractivity contribution >= 4 is 26.6 Å². The smallest absolute Gasteiger partial charge is 0.377 e. The van der Waals surface area contributed by atoms with Gasteiger partial charge in [-0.2, -0.15) is 15.0 Å². The van der Waals surface area contributed by atoms with Crippen molar-refractivity contribution < 1.29 is 13.3 Å². The number of nitrogens with two attached hydrogens (primary N) is 2. The molecule has 0 aromatic carbocycles. The summed E-state index contributed by atoms with van der Waals surface area (Å²) in [6.07, 6.45) is 9.51. The largest absolute Gasteiger partial charge is 0.500 e. The summed E-state index contributed by atoms with van der Waals surface area (Å²) in [5.74, 6) is 0.723. The van der Waals surface area contributed by atoms with Crippen LogP contribution in [0.2, 0.25) is 6.04 Å². The third kappa shape index (κ3) is 8.74. The van der Waals surface area contributed by atoms with Gasteiger partial charge in [-0.25, -0.2) is 0 Å². The van der Waals surface area contributed by atoms with Crippen LogP contribution < -0.4 is 16.8 Å². The first-order valence-electron chi connectivity index (χ1n) is 9.21. The van der Waals surface area contributed by atoms with E-state index in [0.717, 1.165) is 25.4 Å². The molecule has 0 saturated carbocycles. The van der Waals surface area contributed by atoms with Gasteiger partial charge in [0.25, 0.3) is 0 Å². The molecule has 0 saturated heterocycles. The molecule has 150 valence electrons. The Kier molecular flexibility index (Phi) is 11.1. The minimum absolute atomic E-state index is 0.140. The lowest BCUT2D eigenvalue weighted by Crippen LogP contribution is -2.42. The van der Waals surface area contributed by atoms with E-state index in [1.165, 1.54) is 38.5 Å². The highest BCUT2D eigenvalue weighted by Crippen LogP contribution is 2.18. The number of aromatic nitrogens is 3. The van der Waals surface area contributed by atoms with Crippen LogP contribution in [-0.4, -0.2) is 51.6 Å². The van der Waals surface area contributed by atoms with Crippen LogP contribution in [0.1, 0.15) is 51.4 Å². The summed E-state index contributed by atoms with van der Waals surface area (Å²) >= 11 is 0. The molecule has 0 spiro atoms. The molecule has 1 aromatic heterocycles. The van der Waals surface area contributed by atoms with Crippen molar-refractivity contribution in [3.05, 3.63) is 0 Å². The van der Waals surface area contributed by atoms with Crippen molar-refractivity contribution in [1.82, 2.24) is 15.0 Å². The maximum Gasteiger partial charge on any atom is 0.500 e. The third-order valence-electron chi connectivity index (χ3n) is 4.30. The highest BCUT2D eigenvalue weighted by Gasteiger charge is 2.36. The Bertz CT molecular complexity index is 476. The number of nitrogens with zero attached hydrogens (tertiary/aromatic N) is 3. The van der Waals surface area contributed by atoms with Crippen LogP contribution in [-0.2, 0) is 13.3 Å². The quantitative estimate of drug-likeness (QED) is 0.307. The number of nitrogen functional groups attached to an aromatic ring is 2. The van der Waals surface area contributed by atoms with E-state index >= 15 is 0 Å². The number of nitrogens with one attached hydrogen (secondary N) is 1. The van der Waals surface area contributed by atoms with E-state index in [-0.39, 0.29) is 11.9 Å². The van der Waals surface area contributed by atoms with Gasteiger partial charge in [-0.3, -0.25) is 0 Å². The standard InChI is InChI=1S/C16H34N6O3Si/c1-23-26(24-2,25-3)13-11-9-7-5-4-6-8-10-12-19-16-21-14(17)20-15(18)22-16/h4-13H2,1-3H3,(H5,17,18,19,20,21,22). The summed E-state index contributed by atoms with van der Waals surface area (Å²) in [6, 6.07) is 0.883. The van der Waals surface area contributed by atoms with Gasteiger partial charge in [0.2, 0.25) is 17.8 Å². The Balaban J connectivity index is 1.96. The van der Waals surface area contributed by atoms with Crippen LogP contribution in [0, 0.1) is 0 Å². The van der Waals surface area contributed by atoms with Crippen LogP contribution in [0.15, 0.2) is 0 Å². The van der Waals surface area contributed by atoms with Crippen LogP contribution in [0.4, 0.5) is 17.8 Å². The molecule has 0 aliphatic heterocycles. The first kappa shape index (κ1) is 22.5. The molecule has 10 heteroatoms. The Morgan fingerprint density at radius 2 is 1.19 bits per heavy atom. The minimum atomic E-state index is -2.38. The van der Waals surface area contributed by atoms with E-state index in [9.17, 15) is 0 Å². The molecule has 1 rings (SSSR count). The summed E-state index contributed by atoms with van der Waals surface area (Å²) in [6.45, 7) is 0.806. The molecule has 0 aliphatic rings. The molecular weight excluding hydrogens is 352 g/mol. The molecule has 0 amide bonds. The highest BCUT2D eigenvalue weighted by atomic mass is 28.4. The molecule has 0 aliphatic carbocycles. The second-order valence-electron chi connectivity index (χ2n) is 6.18. The van der Waals surface area contributed by atoms with Crippen molar-refractivity contribution in [2.24, 2.45) is 0 Å². The third-order valence-corrected chi connectivity index (χ3v) is 7.13. The maximum atomic E-state index is 5.53. The zero-order valence-corrected chi connectivity index (χ0v) is 17.3. The van der Waals surface area contributed by atoms with Crippen molar-refractivity contribution in [3.8, 4) is 0 Å². The van der Waals surface area contributed by atoms with Crippen LogP contribution in [0.3, 0.4) is 0 Å². The maximum absolute atomic E-state index is 5.53. The molecule has 5 N–H and O–H groups in total. The van der Waals surface area contributed by atoms with E-state index in [1.54, 1.807) is 21.3 Å². The predicted molar refractivity (Wildman–Crippen MR) is 106 cm³/mol. The van der Waals surface area contributed by atoms with Gasteiger partial charge in [-0.1, -0.05) is 38.5 Å². The van der Waals surface area contributed by atoms with E-state index in [0.29, 0.717) is 5.95 Å². The normalized spacial score (nSPS) is 11.7. The summed E-state index contributed by atoms with van der Waals surface area (Å²) in [7, 11) is 2.62. The average Bonchev–Trinajstić information content (AvgIpc) is 2.62. The fourth-order valence-corrected chi connectivity index (χ4v) is 4.57. The molecule has 26 heavy (non-hydrogen) atoms. The van der Waals surface area contributed by atoms with Gasteiger partial charge in [-0.05, 0) is 12.8 Å². The van der Waals surface area contributed by atoms with Gasteiger partial charge >= 0.3 is 8.80 Å². The van der Waals surface area contributed by atoms with Crippen molar-refractivity contribution in [1.29, 1.82) is 0 Å². The van der Waals surface area contributed by atoms with E-state index < -0.39 is 8.80 Å². The molecule has 0 radical (unpaired) electrons. The Labute approximate surface area is 157 Å². The molecule has 0 bridgehead atoms. The van der Waals surface area contributed by atoms with E-state index in [4.69, 9.17) is 24.7 Å². The first-order valence-corrected chi connectivity index (χ1v) is 11.1. The fourth-order valence-electron chi connectivity index (χ4n) is 2.77. The number of unbranched alkanes of at least 4 members (excludes halogenated alkanes) is 7. The molecule has 1 heterocycles. The van der Waals surface area contributed by atoms with Gasteiger partial charge in [0, 0.05) is 33.9 Å². The lowest BCUT2D eigenvalue weighted by atomic mass is 10.1. The first-order chi connectivity index (χ1) is 12.5. The van der Waals surface area contributed by atoms with E-state index in [2.05, 4.69) is 20.3 Å². The lowest BCUT2D eigenvalue weighted by molar-refractivity contribution is 0.122. The zero-order valence-electron chi connectivity index (χ0n) is 16.3. The van der Waals surface area contributed by atoms with E-state index in [1.807, 2.05) is 0 Å². The minimum Gasteiger partial charge on any atom is -0.377 e. The van der Waals surface area contributed by atoms with Crippen LogP contribution in [0.25, 0.3) is 0 Å². The van der Waals surface area contributed by atoms with Gasteiger partial charge < -0.3 is 30.1 Å². The highest BCUT2D eigenvalue weighted by molar-refractivity contribution is 6.60. The summed E-state index contributed by atoms with van der Waals surface area (Å²) < 4.78 is 16.3. The van der Waals surface area contributed by atoms with Crippen molar-refractivity contribution in [3.63, 3.8) is 0 Å². The van der Waals surface area contributed by atoms with Gasteiger partial charge in [0.05, 0.1) is 0 Å². The molecular formula is C16H34N6O3Si. The topological polar surface area (TPSA) is 130 Å². The predicted octanol–water partition coefficient (Wildman–Crippen LogP) is 2.45. The van der Waals surface area contributed by atoms with Gasteiger partial charge in [0.15, 0.2) is 0 Å². The Morgan fingerprint density at radius 1 is 0.731 bits per heavy atom. The second-order valence-corrected chi connectivity index (χ2v) is 9.27. The van der Waals surface area contributed by atoms with Crippen molar-refractivity contribution in [2.45, 2.75) is 57.4 Å². The second kappa shape index (κ2) is 12.8. The number of hydrogen-bond donors (Lipinski definition) is 3. The summed E-state index contributed by atoms with van der Waals surface area (Å²) in [5.41, 5.74) is 11.1. The van der Waals surface area contributed by atoms with Crippen molar-refractivity contribution in [2.75, 3.05) is 44.7 Å². The SMILES string of the molecule is CO[Si](CCCCCCCCCCNc1nc(N)nc(N)n1)(OC)OC. The number of hydrogen-bond acceptors (Lipinski definition) is 9. The van der Waals surface area contributed by atoms with Gasteiger partial charge in [0.1, 0.15) is 0 Å². The molecule has 0 unspecified atom stereocenters. The Morgan fingerprint density at radius 3 is 1.69 bits per heavy atom. The van der Waals surface area contributed by atoms with Gasteiger partial charge in [-0.15, -0.1) is 0 Å². The molecule has 1 aromatic rings. The lowest BCUT2D eigenvalue weighted by Gasteiger charge is -2.24. The Hall–Kier alpha value is -1.49. The average molecular weight is 387 g/mol. The number of anilines is 3.